The van der Waals surface area contributed by atoms with E-state index in [1.807, 2.05) is 25.1 Å². The number of nitrogens with zero attached hydrogens (tertiary/aromatic N) is 5. The van der Waals surface area contributed by atoms with Crippen molar-refractivity contribution in [2.75, 3.05) is 19.6 Å². The van der Waals surface area contributed by atoms with Crippen LogP contribution in [0.3, 0.4) is 0 Å². The standard InChI is InChI=1S/C32H41FN6O2/c1-20-18-37(13-14-39(20)41)31(36-28-16-23-15-27(21(28)2)32(23,3)4)35-25-9-10-26-29(17-25)34-19-38(30(26)40)12-11-22-5-7-24(33)8-6-22/h5-10,17,19-21,23,27-28,41H,11-16,18H2,1-4H3,(H,35,36)/t20-,21+,23-,27-,28?/m0/s1. The van der Waals surface area contributed by atoms with Gasteiger partial charge in [-0.1, -0.05) is 32.9 Å². The fraction of sp³-hybridized carbons (Fsp3) is 0.531. The maximum atomic E-state index is 13.2. The van der Waals surface area contributed by atoms with Crippen LogP contribution in [0.5, 0.6) is 0 Å². The molecule has 0 amide bonds. The summed E-state index contributed by atoms with van der Waals surface area (Å²) in [7, 11) is 0. The molecular weight excluding hydrogens is 519 g/mol. The Morgan fingerprint density at radius 2 is 1.93 bits per heavy atom. The zero-order valence-electron chi connectivity index (χ0n) is 24.4. The molecule has 3 aliphatic carbocycles. The summed E-state index contributed by atoms with van der Waals surface area (Å²) in [4.78, 5) is 25.1. The number of guanidine groups is 1. The lowest BCUT2D eigenvalue weighted by atomic mass is 9.45. The topological polar surface area (TPSA) is 86.0 Å². The number of aryl methyl sites for hydroxylation is 2. The van der Waals surface area contributed by atoms with Crippen molar-refractivity contribution in [1.29, 1.82) is 0 Å². The van der Waals surface area contributed by atoms with Crippen molar-refractivity contribution in [3.8, 4) is 0 Å². The molecule has 5 atom stereocenters. The highest BCUT2D eigenvalue weighted by atomic mass is 19.1. The minimum absolute atomic E-state index is 0.00138. The zero-order valence-corrected chi connectivity index (χ0v) is 24.4. The van der Waals surface area contributed by atoms with Crippen LogP contribution in [0.25, 0.3) is 10.9 Å². The second kappa shape index (κ2) is 10.8. The van der Waals surface area contributed by atoms with Gasteiger partial charge < -0.3 is 15.4 Å². The predicted octanol–water partition coefficient (Wildman–Crippen LogP) is 4.82. The van der Waals surface area contributed by atoms with Crippen molar-refractivity contribution < 1.29 is 9.60 Å². The number of benzene rings is 2. The van der Waals surface area contributed by atoms with Crippen LogP contribution in [0.1, 0.15) is 46.1 Å². The number of rotatable bonds is 5. The number of hydrogen-bond acceptors (Lipinski definition) is 5. The van der Waals surface area contributed by atoms with E-state index in [0.29, 0.717) is 66.8 Å². The van der Waals surface area contributed by atoms with Gasteiger partial charge in [-0.2, -0.15) is 5.06 Å². The number of nitrogens with one attached hydrogen (secondary N) is 1. The number of fused-ring (bicyclic) bond motifs is 3. The van der Waals surface area contributed by atoms with Gasteiger partial charge in [0.1, 0.15) is 5.82 Å². The number of hydroxylamine groups is 2. The first-order valence-electron chi connectivity index (χ1n) is 14.9. The summed E-state index contributed by atoms with van der Waals surface area (Å²) in [5, 5.41) is 16.0. The van der Waals surface area contributed by atoms with E-state index >= 15 is 0 Å². The molecule has 1 unspecified atom stereocenters. The first-order valence-corrected chi connectivity index (χ1v) is 14.9. The Balaban J connectivity index is 1.25. The molecule has 2 heterocycles. The molecule has 218 valence electrons. The third kappa shape index (κ3) is 5.37. The van der Waals surface area contributed by atoms with Crippen LogP contribution in [0, 0.1) is 29.0 Å². The van der Waals surface area contributed by atoms with Crippen LogP contribution in [0.4, 0.5) is 10.1 Å². The van der Waals surface area contributed by atoms with Crippen LogP contribution in [0.2, 0.25) is 0 Å². The van der Waals surface area contributed by atoms with Gasteiger partial charge in [0.15, 0.2) is 5.96 Å². The molecule has 1 aromatic heterocycles. The molecule has 41 heavy (non-hydrogen) atoms. The smallest absolute Gasteiger partial charge is 0.261 e. The molecule has 0 spiro atoms. The van der Waals surface area contributed by atoms with Gasteiger partial charge in [0, 0.05) is 38.3 Å². The number of hydrogen-bond donors (Lipinski definition) is 2. The Bertz CT molecular complexity index is 1500. The van der Waals surface area contributed by atoms with Crippen LogP contribution in [-0.4, -0.2) is 62.4 Å². The summed E-state index contributed by atoms with van der Waals surface area (Å²) in [6.07, 6.45) is 4.65. The highest BCUT2D eigenvalue weighted by Gasteiger charge is 2.56. The van der Waals surface area contributed by atoms with Gasteiger partial charge in [-0.25, -0.2) is 14.4 Å². The molecule has 2 N–H and O–H groups in total. The molecule has 2 aromatic carbocycles. The Morgan fingerprint density at radius 1 is 1.15 bits per heavy atom. The lowest BCUT2D eigenvalue weighted by molar-refractivity contribution is -0.143. The van der Waals surface area contributed by atoms with Crippen molar-refractivity contribution in [1.82, 2.24) is 24.8 Å². The lowest BCUT2D eigenvalue weighted by Gasteiger charge is -2.62. The Hall–Kier alpha value is -3.30. The largest absolute Gasteiger partial charge is 0.353 e. The van der Waals surface area contributed by atoms with Gasteiger partial charge in [0.05, 0.1) is 22.9 Å². The Labute approximate surface area is 240 Å². The summed E-state index contributed by atoms with van der Waals surface area (Å²) in [6.45, 7) is 11.6. The van der Waals surface area contributed by atoms with Crippen molar-refractivity contribution in [2.45, 2.75) is 65.6 Å². The summed E-state index contributed by atoms with van der Waals surface area (Å²) in [5.74, 6) is 2.54. The van der Waals surface area contributed by atoms with Gasteiger partial charge in [-0.15, -0.1) is 0 Å². The minimum atomic E-state index is -0.269. The predicted molar refractivity (Wildman–Crippen MR) is 159 cm³/mol. The summed E-state index contributed by atoms with van der Waals surface area (Å²) >= 11 is 0. The fourth-order valence-electron chi connectivity index (χ4n) is 7.24. The Morgan fingerprint density at radius 3 is 2.63 bits per heavy atom. The quantitative estimate of drug-likeness (QED) is 0.344. The number of aliphatic imine (C=N–C) groups is 1. The highest BCUT2D eigenvalue weighted by Crippen LogP contribution is 2.61. The Kier molecular flexibility index (Phi) is 7.36. The van der Waals surface area contributed by atoms with E-state index in [0.717, 1.165) is 29.5 Å². The average molecular weight is 561 g/mol. The first kappa shape index (κ1) is 27.8. The van der Waals surface area contributed by atoms with E-state index < -0.39 is 0 Å². The highest BCUT2D eigenvalue weighted by molar-refractivity contribution is 5.86. The number of aromatic nitrogens is 2. The van der Waals surface area contributed by atoms with Gasteiger partial charge in [0.2, 0.25) is 0 Å². The maximum Gasteiger partial charge on any atom is 0.261 e. The molecule has 4 aliphatic rings. The molecule has 8 nitrogen and oxygen atoms in total. The first-order chi connectivity index (χ1) is 19.6. The maximum absolute atomic E-state index is 13.2. The van der Waals surface area contributed by atoms with Gasteiger partial charge in [0.25, 0.3) is 5.56 Å². The van der Waals surface area contributed by atoms with E-state index in [9.17, 15) is 14.4 Å². The van der Waals surface area contributed by atoms with Crippen LogP contribution >= 0.6 is 0 Å². The molecule has 0 radical (unpaired) electrons. The average Bonchev–Trinajstić information content (AvgIpc) is 2.95. The van der Waals surface area contributed by atoms with Gasteiger partial charge in [-0.05, 0) is 85.3 Å². The van der Waals surface area contributed by atoms with E-state index in [1.54, 1.807) is 23.0 Å². The van der Waals surface area contributed by atoms with Crippen LogP contribution in [-0.2, 0) is 13.0 Å². The third-order valence-electron chi connectivity index (χ3n) is 10.2. The van der Waals surface area contributed by atoms with Crippen LogP contribution < -0.4 is 10.9 Å². The van der Waals surface area contributed by atoms with Crippen molar-refractivity contribution in [2.24, 2.45) is 28.2 Å². The summed E-state index contributed by atoms with van der Waals surface area (Å²) in [5.41, 5.74) is 2.62. The van der Waals surface area contributed by atoms with Crippen molar-refractivity contribution in [3.63, 3.8) is 0 Å². The van der Waals surface area contributed by atoms with E-state index in [2.05, 4.69) is 36.0 Å². The lowest BCUT2D eigenvalue weighted by Crippen LogP contribution is -2.63. The zero-order chi connectivity index (χ0) is 28.9. The number of piperazine rings is 1. The molecular formula is C32H41FN6O2. The normalized spacial score (nSPS) is 28.0. The molecule has 4 fully saturated rings. The fourth-order valence-corrected chi connectivity index (χ4v) is 7.24. The summed E-state index contributed by atoms with van der Waals surface area (Å²) in [6, 6.07) is 12.3. The molecule has 3 aromatic rings. The van der Waals surface area contributed by atoms with Gasteiger partial charge in [-0.3, -0.25) is 9.36 Å². The van der Waals surface area contributed by atoms with Crippen LogP contribution in [0.15, 0.2) is 58.6 Å². The molecule has 9 heteroatoms. The molecule has 2 bridgehead atoms. The second-order valence-electron chi connectivity index (χ2n) is 12.9. The molecule has 3 saturated carbocycles. The summed E-state index contributed by atoms with van der Waals surface area (Å²) < 4.78 is 14.8. The van der Waals surface area contributed by atoms with Crippen molar-refractivity contribution >= 4 is 22.5 Å². The number of halogens is 1. The SMILES string of the molecule is C[C@H]1C(NC(=Nc2ccc3c(=O)n(CCc4ccc(F)cc4)cnc3c2)N2CCN(O)[C@@H](C)C2)C[C@@H]2C[C@@H]1C2(C)C. The molecule has 7 rings (SSSR count). The van der Waals surface area contributed by atoms with E-state index in [1.165, 1.54) is 23.6 Å². The molecule has 1 saturated heterocycles. The second-order valence-corrected chi connectivity index (χ2v) is 12.9. The van der Waals surface area contributed by atoms with Gasteiger partial charge >= 0.3 is 0 Å². The minimum Gasteiger partial charge on any atom is -0.353 e. The van der Waals surface area contributed by atoms with Crippen molar-refractivity contribution in [3.05, 3.63) is 70.5 Å². The van der Waals surface area contributed by atoms with E-state index in [-0.39, 0.29) is 17.4 Å². The monoisotopic (exact) mass is 560 g/mol. The molecule has 1 aliphatic heterocycles. The van der Waals surface area contributed by atoms with E-state index in [4.69, 9.17) is 4.99 Å². The third-order valence-corrected chi connectivity index (χ3v) is 10.2.